The van der Waals surface area contributed by atoms with Crippen LogP contribution >= 0.6 is 15.9 Å². The number of hydrogen-bond acceptors (Lipinski definition) is 3. The van der Waals surface area contributed by atoms with Crippen LogP contribution in [0.5, 0.6) is 5.75 Å². The number of carbonyl (C=O) groups is 1. The third-order valence-corrected chi connectivity index (χ3v) is 3.38. The summed E-state index contributed by atoms with van der Waals surface area (Å²) in [6.07, 6.45) is 2.47. The Bertz CT molecular complexity index is 409. The number of hydrogen-bond donors (Lipinski definition) is 2. The van der Waals surface area contributed by atoms with Crippen LogP contribution in [-0.2, 0) is 4.79 Å². The quantitative estimate of drug-likeness (QED) is 0.758. The van der Waals surface area contributed by atoms with Crippen LogP contribution in [0.2, 0.25) is 0 Å². The van der Waals surface area contributed by atoms with Crippen molar-refractivity contribution in [2.75, 3.05) is 7.11 Å². The van der Waals surface area contributed by atoms with Gasteiger partial charge in [-0.05, 0) is 46.5 Å². The first-order valence-corrected chi connectivity index (χ1v) is 6.64. The number of halogens is 1. The summed E-state index contributed by atoms with van der Waals surface area (Å²) in [6, 6.07) is 5.68. The molecule has 4 nitrogen and oxygen atoms in total. The standard InChI is InChI=1S/C13H18BrNO3/c1-18-12-7-6-9(8-10(12)14)11(15)4-2-3-5-13(16)17/h6-8,11H,2-5,15H2,1H3,(H,16,17). The number of benzene rings is 1. The molecule has 100 valence electrons. The highest BCUT2D eigenvalue weighted by molar-refractivity contribution is 9.10. The maximum Gasteiger partial charge on any atom is 0.303 e. The second-order valence-electron chi connectivity index (χ2n) is 4.14. The number of carboxylic acid groups (broad SMARTS) is 1. The number of methoxy groups -OCH3 is 1. The topological polar surface area (TPSA) is 72.5 Å². The second kappa shape index (κ2) is 7.38. The fourth-order valence-corrected chi connectivity index (χ4v) is 2.28. The van der Waals surface area contributed by atoms with Crippen LogP contribution in [0.15, 0.2) is 22.7 Å². The molecule has 5 heteroatoms. The molecule has 1 aromatic carbocycles. The van der Waals surface area contributed by atoms with E-state index in [1.54, 1.807) is 7.11 Å². The molecule has 18 heavy (non-hydrogen) atoms. The molecular weight excluding hydrogens is 298 g/mol. The van der Waals surface area contributed by atoms with Gasteiger partial charge in [0.2, 0.25) is 0 Å². The lowest BCUT2D eigenvalue weighted by Gasteiger charge is -2.13. The number of nitrogens with two attached hydrogens (primary N) is 1. The molecule has 0 fully saturated rings. The van der Waals surface area contributed by atoms with Crippen LogP contribution in [0.1, 0.15) is 37.3 Å². The molecular formula is C13H18BrNO3. The molecule has 1 unspecified atom stereocenters. The van der Waals surface area contributed by atoms with E-state index < -0.39 is 5.97 Å². The van der Waals surface area contributed by atoms with Gasteiger partial charge in [0.1, 0.15) is 5.75 Å². The third kappa shape index (κ3) is 4.66. The molecule has 0 amide bonds. The summed E-state index contributed by atoms with van der Waals surface area (Å²) in [7, 11) is 1.62. The highest BCUT2D eigenvalue weighted by Gasteiger charge is 2.09. The van der Waals surface area contributed by atoms with E-state index in [-0.39, 0.29) is 12.5 Å². The summed E-state index contributed by atoms with van der Waals surface area (Å²) in [5, 5.41) is 8.54. The molecule has 1 aromatic rings. The average Bonchev–Trinajstić information content (AvgIpc) is 2.34. The molecule has 0 aliphatic rings. The van der Waals surface area contributed by atoms with Gasteiger partial charge in [-0.15, -0.1) is 0 Å². The minimum absolute atomic E-state index is 0.0685. The van der Waals surface area contributed by atoms with Crippen molar-refractivity contribution in [2.24, 2.45) is 5.73 Å². The smallest absolute Gasteiger partial charge is 0.303 e. The van der Waals surface area contributed by atoms with E-state index in [4.69, 9.17) is 15.6 Å². The van der Waals surface area contributed by atoms with Gasteiger partial charge in [0.05, 0.1) is 11.6 Å². The molecule has 0 aromatic heterocycles. The Balaban J connectivity index is 2.48. The lowest BCUT2D eigenvalue weighted by Crippen LogP contribution is -2.10. The summed E-state index contributed by atoms with van der Waals surface area (Å²) >= 11 is 3.42. The van der Waals surface area contributed by atoms with Crippen LogP contribution in [0, 0.1) is 0 Å². The number of unbranched alkanes of at least 4 members (excludes halogenated alkanes) is 1. The highest BCUT2D eigenvalue weighted by Crippen LogP contribution is 2.28. The van der Waals surface area contributed by atoms with Gasteiger partial charge in [-0.3, -0.25) is 4.79 Å². The van der Waals surface area contributed by atoms with Crippen molar-refractivity contribution in [2.45, 2.75) is 31.7 Å². The van der Waals surface area contributed by atoms with E-state index in [1.165, 1.54) is 0 Å². The number of carboxylic acids is 1. The summed E-state index contributed by atoms with van der Waals surface area (Å²) in [5.41, 5.74) is 7.09. The Morgan fingerprint density at radius 1 is 1.50 bits per heavy atom. The number of ether oxygens (including phenoxy) is 1. The van der Waals surface area contributed by atoms with Gasteiger partial charge in [-0.2, -0.15) is 0 Å². The molecule has 0 bridgehead atoms. The molecule has 0 radical (unpaired) electrons. The first kappa shape index (κ1) is 15.0. The van der Waals surface area contributed by atoms with Crippen LogP contribution in [0.4, 0.5) is 0 Å². The largest absolute Gasteiger partial charge is 0.496 e. The Morgan fingerprint density at radius 3 is 2.78 bits per heavy atom. The summed E-state index contributed by atoms with van der Waals surface area (Å²) in [6.45, 7) is 0. The molecule has 0 aliphatic heterocycles. The van der Waals surface area contributed by atoms with Crippen LogP contribution < -0.4 is 10.5 Å². The molecule has 0 saturated heterocycles. The normalized spacial score (nSPS) is 12.2. The monoisotopic (exact) mass is 315 g/mol. The molecule has 1 atom stereocenters. The van der Waals surface area contributed by atoms with Crippen molar-refractivity contribution in [3.63, 3.8) is 0 Å². The predicted octanol–water partition coefficient (Wildman–Crippen LogP) is 3.10. The average molecular weight is 316 g/mol. The predicted molar refractivity (Wildman–Crippen MR) is 73.7 cm³/mol. The fraction of sp³-hybridized carbons (Fsp3) is 0.462. The lowest BCUT2D eigenvalue weighted by atomic mass is 10.0. The minimum Gasteiger partial charge on any atom is -0.496 e. The van der Waals surface area contributed by atoms with Crippen molar-refractivity contribution in [1.82, 2.24) is 0 Å². The summed E-state index contributed by atoms with van der Waals surface area (Å²) < 4.78 is 6.03. The summed E-state index contributed by atoms with van der Waals surface area (Å²) in [5.74, 6) is 0.0209. The zero-order valence-corrected chi connectivity index (χ0v) is 11.9. The van der Waals surface area contributed by atoms with E-state index in [0.29, 0.717) is 6.42 Å². The van der Waals surface area contributed by atoms with E-state index >= 15 is 0 Å². The van der Waals surface area contributed by atoms with Crippen molar-refractivity contribution >= 4 is 21.9 Å². The van der Waals surface area contributed by atoms with Crippen molar-refractivity contribution < 1.29 is 14.6 Å². The summed E-state index contributed by atoms with van der Waals surface area (Å²) in [4.78, 5) is 10.4. The highest BCUT2D eigenvalue weighted by atomic mass is 79.9. The van der Waals surface area contributed by atoms with Crippen molar-refractivity contribution in [3.05, 3.63) is 28.2 Å². The number of aliphatic carboxylic acids is 1. The van der Waals surface area contributed by atoms with Gasteiger partial charge in [0.15, 0.2) is 0 Å². The Morgan fingerprint density at radius 2 is 2.22 bits per heavy atom. The first-order valence-electron chi connectivity index (χ1n) is 5.85. The van der Waals surface area contributed by atoms with Crippen molar-refractivity contribution in [1.29, 1.82) is 0 Å². The van der Waals surface area contributed by atoms with Crippen LogP contribution in [0.3, 0.4) is 0 Å². The number of rotatable bonds is 7. The van der Waals surface area contributed by atoms with Crippen LogP contribution in [0.25, 0.3) is 0 Å². The lowest BCUT2D eigenvalue weighted by molar-refractivity contribution is -0.137. The van der Waals surface area contributed by atoms with E-state index in [1.807, 2.05) is 18.2 Å². The van der Waals surface area contributed by atoms with Gasteiger partial charge >= 0.3 is 5.97 Å². The van der Waals surface area contributed by atoms with Gasteiger partial charge in [-0.25, -0.2) is 0 Å². The Labute approximate surface area is 115 Å². The third-order valence-electron chi connectivity index (χ3n) is 2.76. The van der Waals surface area contributed by atoms with Crippen molar-refractivity contribution in [3.8, 4) is 5.75 Å². The molecule has 0 saturated carbocycles. The van der Waals surface area contributed by atoms with Gasteiger partial charge in [0, 0.05) is 12.5 Å². The minimum atomic E-state index is -0.754. The molecule has 0 heterocycles. The Kier molecular flexibility index (Phi) is 6.15. The zero-order chi connectivity index (χ0) is 13.5. The zero-order valence-electron chi connectivity index (χ0n) is 10.4. The van der Waals surface area contributed by atoms with Crippen LogP contribution in [-0.4, -0.2) is 18.2 Å². The Hall–Kier alpha value is -1.07. The van der Waals surface area contributed by atoms with Gasteiger partial charge in [0.25, 0.3) is 0 Å². The first-order chi connectivity index (χ1) is 8.54. The van der Waals surface area contributed by atoms with E-state index in [2.05, 4.69) is 15.9 Å². The van der Waals surface area contributed by atoms with E-state index in [9.17, 15) is 4.79 Å². The second-order valence-corrected chi connectivity index (χ2v) is 4.99. The molecule has 0 aliphatic carbocycles. The van der Waals surface area contributed by atoms with Gasteiger partial charge in [-0.1, -0.05) is 12.5 Å². The molecule has 1 rings (SSSR count). The van der Waals surface area contributed by atoms with E-state index in [0.717, 1.165) is 28.6 Å². The SMILES string of the molecule is COc1ccc(C(N)CCCCC(=O)O)cc1Br. The molecule has 3 N–H and O–H groups in total. The van der Waals surface area contributed by atoms with Gasteiger partial charge < -0.3 is 15.6 Å². The fourth-order valence-electron chi connectivity index (χ4n) is 1.72. The maximum absolute atomic E-state index is 10.4. The molecule has 0 spiro atoms. The maximum atomic E-state index is 10.4.